The van der Waals surface area contributed by atoms with Crippen molar-refractivity contribution in [2.24, 2.45) is 5.92 Å². The number of ether oxygens (including phenoxy) is 2. The number of nitrogens with zero attached hydrogens (tertiary/aromatic N) is 1. The first-order valence-electron chi connectivity index (χ1n) is 8.53. The monoisotopic (exact) mass is 366 g/mol. The van der Waals surface area contributed by atoms with Crippen LogP contribution < -0.4 is 10.1 Å². The predicted octanol–water partition coefficient (Wildman–Crippen LogP) is 3.09. The Morgan fingerprint density at radius 3 is 2.50 bits per heavy atom. The number of nitrogens with one attached hydrogen (secondary N) is 1. The van der Waals surface area contributed by atoms with Crippen LogP contribution in [-0.4, -0.2) is 36.6 Å². The lowest BCUT2D eigenvalue weighted by atomic mass is 10.0. The molecule has 0 saturated carbocycles. The third-order valence-corrected chi connectivity index (χ3v) is 3.77. The SMILES string of the molecule is COc1ccc(C(=O)OCC(=O)NC(C)CCCC(C)C)cc1[N+](=O)[O-]. The smallest absolute Gasteiger partial charge is 0.338 e. The van der Waals surface area contributed by atoms with Crippen molar-refractivity contribution < 1.29 is 24.0 Å². The van der Waals surface area contributed by atoms with Crippen LogP contribution in [0.5, 0.6) is 5.75 Å². The van der Waals surface area contributed by atoms with Gasteiger partial charge in [0, 0.05) is 12.1 Å². The van der Waals surface area contributed by atoms with Crippen LogP contribution in [0.3, 0.4) is 0 Å². The maximum Gasteiger partial charge on any atom is 0.338 e. The molecule has 0 fully saturated rings. The Kier molecular flexibility index (Phi) is 8.54. The molecule has 1 aromatic carbocycles. The molecular weight excluding hydrogens is 340 g/mol. The van der Waals surface area contributed by atoms with Crippen LogP contribution in [0, 0.1) is 16.0 Å². The molecule has 144 valence electrons. The lowest BCUT2D eigenvalue weighted by molar-refractivity contribution is -0.385. The number of carbonyl (C=O) groups excluding carboxylic acids is 2. The molecule has 0 saturated heterocycles. The van der Waals surface area contributed by atoms with E-state index in [-0.39, 0.29) is 23.0 Å². The molecule has 1 N–H and O–H groups in total. The number of nitro groups is 1. The molecular formula is C18H26N2O6. The molecule has 1 rings (SSSR count). The van der Waals surface area contributed by atoms with Gasteiger partial charge in [-0.15, -0.1) is 0 Å². The number of carbonyl (C=O) groups is 2. The highest BCUT2D eigenvalue weighted by atomic mass is 16.6. The molecule has 8 heteroatoms. The van der Waals surface area contributed by atoms with E-state index in [2.05, 4.69) is 19.2 Å². The van der Waals surface area contributed by atoms with Gasteiger partial charge in [0.2, 0.25) is 0 Å². The highest BCUT2D eigenvalue weighted by molar-refractivity contribution is 5.92. The molecule has 1 aromatic rings. The van der Waals surface area contributed by atoms with Gasteiger partial charge >= 0.3 is 11.7 Å². The van der Waals surface area contributed by atoms with Gasteiger partial charge in [-0.05, 0) is 31.4 Å². The predicted molar refractivity (Wildman–Crippen MR) is 96.2 cm³/mol. The number of hydrogen-bond donors (Lipinski definition) is 1. The van der Waals surface area contributed by atoms with E-state index in [9.17, 15) is 19.7 Å². The first-order chi connectivity index (χ1) is 12.2. The lowest BCUT2D eigenvalue weighted by Gasteiger charge is -2.14. The van der Waals surface area contributed by atoms with Gasteiger partial charge in [0.15, 0.2) is 12.4 Å². The van der Waals surface area contributed by atoms with E-state index in [1.54, 1.807) is 0 Å². The van der Waals surface area contributed by atoms with Crippen molar-refractivity contribution in [2.45, 2.75) is 46.1 Å². The molecule has 26 heavy (non-hydrogen) atoms. The Morgan fingerprint density at radius 2 is 1.92 bits per heavy atom. The largest absolute Gasteiger partial charge is 0.490 e. The van der Waals surface area contributed by atoms with E-state index in [1.807, 2.05) is 6.92 Å². The first kappa shape index (κ1) is 21.4. The Balaban J connectivity index is 2.52. The molecule has 0 aliphatic heterocycles. The zero-order valence-corrected chi connectivity index (χ0v) is 15.6. The highest BCUT2D eigenvalue weighted by Gasteiger charge is 2.19. The summed E-state index contributed by atoms with van der Waals surface area (Å²) in [5.74, 6) is -0.552. The quantitative estimate of drug-likeness (QED) is 0.387. The fourth-order valence-corrected chi connectivity index (χ4v) is 2.40. The van der Waals surface area contributed by atoms with Crippen LogP contribution in [0.15, 0.2) is 18.2 Å². The fraction of sp³-hybridized carbons (Fsp3) is 0.556. The van der Waals surface area contributed by atoms with Crippen molar-refractivity contribution in [3.63, 3.8) is 0 Å². The van der Waals surface area contributed by atoms with Crippen molar-refractivity contribution in [3.05, 3.63) is 33.9 Å². The van der Waals surface area contributed by atoms with E-state index in [0.29, 0.717) is 5.92 Å². The fourth-order valence-electron chi connectivity index (χ4n) is 2.40. The van der Waals surface area contributed by atoms with E-state index in [0.717, 1.165) is 25.3 Å². The van der Waals surface area contributed by atoms with Crippen LogP contribution in [-0.2, 0) is 9.53 Å². The van der Waals surface area contributed by atoms with Crippen molar-refractivity contribution in [1.82, 2.24) is 5.32 Å². The summed E-state index contributed by atoms with van der Waals surface area (Å²) >= 11 is 0. The minimum atomic E-state index is -0.807. The summed E-state index contributed by atoms with van der Waals surface area (Å²) in [7, 11) is 1.30. The minimum absolute atomic E-state index is 0.0120. The number of benzene rings is 1. The van der Waals surface area contributed by atoms with Gasteiger partial charge in [0.1, 0.15) is 0 Å². The van der Waals surface area contributed by atoms with E-state index >= 15 is 0 Å². The molecule has 1 unspecified atom stereocenters. The van der Waals surface area contributed by atoms with Crippen LogP contribution in [0.25, 0.3) is 0 Å². The number of amides is 1. The van der Waals surface area contributed by atoms with Gasteiger partial charge in [0.25, 0.3) is 5.91 Å². The van der Waals surface area contributed by atoms with E-state index < -0.39 is 23.4 Å². The van der Waals surface area contributed by atoms with Crippen LogP contribution in [0.2, 0.25) is 0 Å². The zero-order chi connectivity index (χ0) is 19.7. The summed E-state index contributed by atoms with van der Waals surface area (Å²) in [6.07, 6.45) is 2.95. The molecule has 1 amide bonds. The third kappa shape index (κ3) is 7.08. The molecule has 0 aliphatic rings. The van der Waals surface area contributed by atoms with Crippen LogP contribution >= 0.6 is 0 Å². The molecule has 0 heterocycles. The number of nitro benzene ring substituents is 1. The number of methoxy groups -OCH3 is 1. The average Bonchev–Trinajstić information content (AvgIpc) is 2.58. The standard InChI is InChI=1S/C18H26N2O6/c1-12(2)6-5-7-13(3)19-17(21)11-26-18(22)14-8-9-16(25-4)15(10-14)20(23)24/h8-10,12-13H,5-7,11H2,1-4H3,(H,19,21). The summed E-state index contributed by atoms with van der Waals surface area (Å²) in [5, 5.41) is 13.7. The van der Waals surface area contributed by atoms with Crippen LogP contribution in [0.1, 0.15) is 50.4 Å². The minimum Gasteiger partial charge on any atom is -0.490 e. The van der Waals surface area contributed by atoms with Crippen molar-refractivity contribution >= 4 is 17.6 Å². The molecule has 1 atom stereocenters. The Hall–Kier alpha value is -2.64. The summed E-state index contributed by atoms with van der Waals surface area (Å²) < 4.78 is 9.80. The van der Waals surface area contributed by atoms with Gasteiger partial charge in [-0.1, -0.05) is 26.7 Å². The first-order valence-corrected chi connectivity index (χ1v) is 8.53. The molecule has 0 bridgehead atoms. The molecule has 8 nitrogen and oxygen atoms in total. The maximum absolute atomic E-state index is 12.0. The molecule has 0 spiro atoms. The second kappa shape index (κ2) is 10.4. The van der Waals surface area contributed by atoms with E-state index in [1.165, 1.54) is 19.2 Å². The van der Waals surface area contributed by atoms with Gasteiger partial charge in [0.05, 0.1) is 17.6 Å². The second-order valence-electron chi connectivity index (χ2n) is 6.51. The van der Waals surface area contributed by atoms with Gasteiger partial charge in [-0.3, -0.25) is 14.9 Å². The summed E-state index contributed by atoms with van der Waals surface area (Å²) in [6, 6.07) is 3.71. The molecule has 0 aliphatic carbocycles. The van der Waals surface area contributed by atoms with Gasteiger partial charge < -0.3 is 14.8 Å². The third-order valence-electron chi connectivity index (χ3n) is 3.77. The zero-order valence-electron chi connectivity index (χ0n) is 15.6. The normalized spacial score (nSPS) is 11.7. The number of hydrogen-bond acceptors (Lipinski definition) is 6. The van der Waals surface area contributed by atoms with Crippen LogP contribution in [0.4, 0.5) is 5.69 Å². The molecule has 0 radical (unpaired) electrons. The van der Waals surface area contributed by atoms with Crippen molar-refractivity contribution in [2.75, 3.05) is 13.7 Å². The Bertz CT molecular complexity index is 645. The van der Waals surface area contributed by atoms with Crippen molar-refractivity contribution in [3.8, 4) is 5.75 Å². The summed E-state index contributed by atoms with van der Waals surface area (Å²) in [5.41, 5.74) is -0.361. The number of esters is 1. The lowest BCUT2D eigenvalue weighted by Crippen LogP contribution is -2.35. The molecule has 0 aromatic heterocycles. The Labute approximate surface area is 153 Å². The maximum atomic E-state index is 12.0. The van der Waals surface area contributed by atoms with Gasteiger partial charge in [-0.25, -0.2) is 4.79 Å². The summed E-state index contributed by atoms with van der Waals surface area (Å²) in [6.45, 7) is 5.75. The summed E-state index contributed by atoms with van der Waals surface area (Å²) in [4.78, 5) is 34.2. The van der Waals surface area contributed by atoms with Crippen molar-refractivity contribution in [1.29, 1.82) is 0 Å². The highest BCUT2D eigenvalue weighted by Crippen LogP contribution is 2.27. The van der Waals surface area contributed by atoms with Gasteiger partial charge in [-0.2, -0.15) is 0 Å². The second-order valence-corrected chi connectivity index (χ2v) is 6.51. The van der Waals surface area contributed by atoms with E-state index in [4.69, 9.17) is 9.47 Å². The number of rotatable bonds is 10. The topological polar surface area (TPSA) is 108 Å². The average molecular weight is 366 g/mol. The Morgan fingerprint density at radius 1 is 1.23 bits per heavy atom.